The van der Waals surface area contributed by atoms with Crippen molar-refractivity contribution in [1.29, 1.82) is 0 Å². The highest BCUT2D eigenvalue weighted by Gasteiger charge is 2.35. The number of rotatable bonds is 0. The fourth-order valence-corrected chi connectivity index (χ4v) is 2.80. The van der Waals surface area contributed by atoms with Crippen LogP contribution in [0.5, 0.6) is 0 Å². The van der Waals surface area contributed by atoms with Crippen LogP contribution >= 0.6 is 0 Å². The number of piperidine rings is 1. The number of hydrogen-bond acceptors (Lipinski definition) is 2. The summed E-state index contributed by atoms with van der Waals surface area (Å²) in [6.45, 7) is 0. The van der Waals surface area contributed by atoms with Crippen LogP contribution in [0.25, 0.3) is 0 Å². The van der Waals surface area contributed by atoms with Gasteiger partial charge in [0.25, 0.3) is 0 Å². The van der Waals surface area contributed by atoms with Gasteiger partial charge in [0.05, 0.1) is 0 Å². The molecule has 0 radical (unpaired) electrons. The second-order valence-electron chi connectivity index (χ2n) is 4.75. The lowest BCUT2D eigenvalue weighted by Crippen LogP contribution is -2.35. The molecule has 0 aliphatic carbocycles. The molecular weight excluding hydrogens is 196 g/mol. The van der Waals surface area contributed by atoms with Crippen LogP contribution in [0.1, 0.15) is 31.2 Å². The first-order valence-corrected chi connectivity index (χ1v) is 6.09. The molecule has 0 saturated carbocycles. The molecule has 2 aliphatic heterocycles. The van der Waals surface area contributed by atoms with Crippen LogP contribution in [0, 0.1) is 17.8 Å². The van der Waals surface area contributed by atoms with E-state index in [4.69, 9.17) is 0 Å². The first kappa shape index (κ1) is 9.86. The molecule has 1 aromatic rings. The zero-order chi connectivity index (χ0) is 10.8. The van der Waals surface area contributed by atoms with Crippen molar-refractivity contribution < 1.29 is 0 Å². The van der Waals surface area contributed by atoms with Crippen molar-refractivity contribution >= 4 is 0 Å². The van der Waals surface area contributed by atoms with Gasteiger partial charge in [-0.2, -0.15) is 0 Å². The van der Waals surface area contributed by atoms with Crippen LogP contribution in [0.4, 0.5) is 0 Å². The van der Waals surface area contributed by atoms with Gasteiger partial charge in [-0.15, -0.1) is 0 Å². The molecule has 0 spiro atoms. The zero-order valence-corrected chi connectivity index (χ0v) is 9.32. The first-order valence-electron chi connectivity index (χ1n) is 6.09. The van der Waals surface area contributed by atoms with Crippen LogP contribution in [-0.4, -0.2) is 17.1 Å². The molecule has 3 atom stereocenters. The Kier molecular flexibility index (Phi) is 2.63. The monoisotopic (exact) mass is 212 g/mol. The van der Waals surface area contributed by atoms with E-state index in [1.807, 2.05) is 18.3 Å². The highest BCUT2D eigenvalue weighted by Crippen LogP contribution is 2.31. The fourth-order valence-electron chi connectivity index (χ4n) is 2.80. The van der Waals surface area contributed by atoms with Crippen LogP contribution in [0.3, 0.4) is 0 Å². The van der Waals surface area contributed by atoms with Crippen LogP contribution in [0.15, 0.2) is 24.5 Å². The Balaban J connectivity index is 1.74. The molecule has 1 N–H and O–H groups in total. The average Bonchev–Trinajstić information content (AvgIpc) is 2.63. The predicted molar refractivity (Wildman–Crippen MR) is 63.8 cm³/mol. The van der Waals surface area contributed by atoms with Gasteiger partial charge >= 0.3 is 0 Å². The third kappa shape index (κ3) is 1.96. The second kappa shape index (κ2) is 4.27. The van der Waals surface area contributed by atoms with Gasteiger partial charge in [0.1, 0.15) is 0 Å². The second-order valence-corrected chi connectivity index (χ2v) is 4.75. The maximum absolute atomic E-state index is 4.08. The molecule has 3 rings (SSSR count). The topological polar surface area (TPSA) is 24.9 Å². The molecule has 3 unspecified atom stereocenters. The van der Waals surface area contributed by atoms with E-state index < -0.39 is 0 Å². The lowest BCUT2D eigenvalue weighted by Gasteiger charge is -2.20. The van der Waals surface area contributed by atoms with E-state index in [9.17, 15) is 0 Å². The highest BCUT2D eigenvalue weighted by atomic mass is 15.0. The summed E-state index contributed by atoms with van der Waals surface area (Å²) in [5.41, 5.74) is 1.03. The quantitative estimate of drug-likeness (QED) is 0.665. The van der Waals surface area contributed by atoms with E-state index >= 15 is 0 Å². The van der Waals surface area contributed by atoms with E-state index in [1.54, 1.807) is 6.20 Å². The van der Waals surface area contributed by atoms with Gasteiger partial charge in [-0.25, -0.2) is 0 Å². The van der Waals surface area contributed by atoms with Gasteiger partial charge in [-0.05, 0) is 31.4 Å². The van der Waals surface area contributed by atoms with E-state index in [0.717, 1.165) is 11.6 Å². The van der Waals surface area contributed by atoms with Gasteiger partial charge < -0.3 is 5.32 Å². The van der Waals surface area contributed by atoms with Gasteiger partial charge in [0.2, 0.25) is 0 Å². The first-order chi connectivity index (χ1) is 7.92. The Bertz CT molecular complexity index is 415. The van der Waals surface area contributed by atoms with Crippen molar-refractivity contribution in [2.75, 3.05) is 0 Å². The Hall–Kier alpha value is -1.33. The van der Waals surface area contributed by atoms with Gasteiger partial charge in [-0.3, -0.25) is 4.98 Å². The summed E-state index contributed by atoms with van der Waals surface area (Å²) in [6, 6.07) is 5.33. The Morgan fingerprint density at radius 2 is 2.38 bits per heavy atom. The summed E-state index contributed by atoms with van der Waals surface area (Å²) >= 11 is 0. The summed E-state index contributed by atoms with van der Waals surface area (Å²) in [7, 11) is 0. The molecule has 2 bridgehead atoms. The Morgan fingerprint density at radius 3 is 3.19 bits per heavy atom. The number of nitrogens with zero attached hydrogens (tertiary/aromatic N) is 1. The van der Waals surface area contributed by atoms with Crippen LogP contribution < -0.4 is 5.32 Å². The minimum atomic E-state index is 0.549. The molecule has 82 valence electrons. The van der Waals surface area contributed by atoms with Crippen LogP contribution in [-0.2, 0) is 0 Å². The van der Waals surface area contributed by atoms with Gasteiger partial charge in [0, 0.05) is 36.0 Å². The number of fused-ring (bicyclic) bond motifs is 2. The van der Waals surface area contributed by atoms with Crippen molar-refractivity contribution in [3.05, 3.63) is 30.1 Å². The lowest BCUT2D eigenvalue weighted by molar-refractivity contribution is 0.395. The molecule has 2 fully saturated rings. The van der Waals surface area contributed by atoms with E-state index in [0.29, 0.717) is 12.0 Å². The largest absolute Gasteiger partial charge is 0.310 e. The van der Waals surface area contributed by atoms with Crippen molar-refractivity contribution in [1.82, 2.24) is 10.3 Å². The molecule has 2 saturated heterocycles. The van der Waals surface area contributed by atoms with Gasteiger partial charge in [-0.1, -0.05) is 18.3 Å². The summed E-state index contributed by atoms with van der Waals surface area (Å²) < 4.78 is 0. The van der Waals surface area contributed by atoms with E-state index in [1.165, 1.54) is 25.7 Å². The summed E-state index contributed by atoms with van der Waals surface area (Å²) in [5, 5.41) is 3.66. The maximum atomic E-state index is 4.08. The van der Waals surface area contributed by atoms with Crippen molar-refractivity contribution in [2.24, 2.45) is 5.92 Å². The summed E-state index contributed by atoms with van der Waals surface area (Å²) in [5.74, 6) is 7.21. The third-order valence-electron chi connectivity index (χ3n) is 3.61. The van der Waals surface area contributed by atoms with E-state index in [2.05, 4.69) is 22.1 Å². The van der Waals surface area contributed by atoms with E-state index in [-0.39, 0.29) is 0 Å². The van der Waals surface area contributed by atoms with Crippen LogP contribution in [0.2, 0.25) is 0 Å². The predicted octanol–water partition coefficient (Wildman–Crippen LogP) is 1.96. The SMILES string of the molecule is C(#CC1CC2CCCC1N2)c1cccnc1. The molecule has 1 aromatic heterocycles. The summed E-state index contributed by atoms with van der Waals surface area (Å²) in [6.07, 6.45) is 8.85. The average molecular weight is 212 g/mol. The smallest absolute Gasteiger partial charge is 0.0428 e. The molecule has 0 amide bonds. The fraction of sp³-hybridized carbons (Fsp3) is 0.500. The third-order valence-corrected chi connectivity index (χ3v) is 3.61. The number of nitrogens with one attached hydrogen (secondary N) is 1. The Labute approximate surface area is 96.5 Å². The number of aromatic nitrogens is 1. The van der Waals surface area contributed by atoms with Crippen molar-refractivity contribution in [3.8, 4) is 11.8 Å². The molecule has 2 heteroatoms. The normalized spacial score (nSPS) is 31.9. The molecule has 3 heterocycles. The maximum Gasteiger partial charge on any atom is 0.0428 e. The molecule has 2 aliphatic rings. The van der Waals surface area contributed by atoms with Crippen molar-refractivity contribution in [3.63, 3.8) is 0 Å². The number of hydrogen-bond donors (Lipinski definition) is 1. The molecular formula is C14H16N2. The van der Waals surface area contributed by atoms with Gasteiger partial charge in [0.15, 0.2) is 0 Å². The highest BCUT2D eigenvalue weighted by molar-refractivity contribution is 5.32. The lowest BCUT2D eigenvalue weighted by atomic mass is 9.99. The minimum Gasteiger partial charge on any atom is -0.310 e. The minimum absolute atomic E-state index is 0.549. The molecule has 2 nitrogen and oxygen atoms in total. The number of pyridine rings is 1. The molecule has 0 aromatic carbocycles. The standard InChI is InChI=1S/C14H16N2/c1-4-13-9-12(14(5-1)16-13)7-6-11-3-2-8-15-10-11/h2-3,8,10,12-14,16H,1,4-5,9H2. The van der Waals surface area contributed by atoms with Crippen molar-refractivity contribution in [2.45, 2.75) is 37.8 Å². The zero-order valence-electron chi connectivity index (χ0n) is 9.32. The molecule has 16 heavy (non-hydrogen) atoms. The Morgan fingerprint density at radius 1 is 1.38 bits per heavy atom. The summed E-state index contributed by atoms with van der Waals surface area (Å²) in [4.78, 5) is 4.08.